The average Bonchev–Trinajstić information content (AvgIpc) is 2.53. The van der Waals surface area contributed by atoms with E-state index in [0.717, 1.165) is 13.0 Å². The lowest BCUT2D eigenvalue weighted by atomic mass is 10.4. The first-order valence-corrected chi connectivity index (χ1v) is 3.88. The number of hydrogen-bond acceptors (Lipinski definition) is 2. The molecular formula is C9H12N2O. The quantitative estimate of drug-likeness (QED) is 0.671. The van der Waals surface area contributed by atoms with Gasteiger partial charge in [0.25, 0.3) is 0 Å². The molecule has 0 saturated carbocycles. The van der Waals surface area contributed by atoms with Crippen LogP contribution >= 0.6 is 0 Å². The Morgan fingerprint density at radius 3 is 3.08 bits per heavy atom. The van der Waals surface area contributed by atoms with Gasteiger partial charge in [0.2, 0.25) is 0 Å². The summed E-state index contributed by atoms with van der Waals surface area (Å²) in [6.07, 6.45) is 4.37. The molecule has 0 unspecified atom stereocenters. The summed E-state index contributed by atoms with van der Waals surface area (Å²) in [5.74, 6) is 5.79. The molecule has 64 valence electrons. The maximum Gasteiger partial charge on any atom is 0.0950 e. The van der Waals surface area contributed by atoms with Crippen LogP contribution < -0.4 is 0 Å². The third-order valence-corrected chi connectivity index (χ3v) is 1.52. The molecule has 0 aromatic carbocycles. The van der Waals surface area contributed by atoms with Crippen molar-refractivity contribution in [2.45, 2.75) is 26.5 Å². The molecule has 0 fully saturated rings. The summed E-state index contributed by atoms with van der Waals surface area (Å²) in [5, 5.41) is 8.72. The van der Waals surface area contributed by atoms with Crippen molar-refractivity contribution in [1.82, 2.24) is 9.55 Å². The minimum absolute atomic E-state index is 0.00641. The normalized spacial score (nSPS) is 9.17. The number of imidazole rings is 1. The molecule has 1 rings (SSSR count). The lowest BCUT2D eigenvalue weighted by Crippen LogP contribution is -1.92. The number of nitrogens with zero attached hydrogens (tertiary/aromatic N) is 2. The van der Waals surface area contributed by atoms with Crippen molar-refractivity contribution >= 4 is 0 Å². The Balaban J connectivity index is 2.45. The van der Waals surface area contributed by atoms with Gasteiger partial charge in [-0.1, -0.05) is 0 Å². The average molecular weight is 164 g/mol. The molecule has 0 aliphatic carbocycles. The van der Waals surface area contributed by atoms with Crippen LogP contribution in [0, 0.1) is 11.8 Å². The van der Waals surface area contributed by atoms with Gasteiger partial charge in [-0.05, 0) is 6.92 Å². The second-order valence-electron chi connectivity index (χ2n) is 2.44. The van der Waals surface area contributed by atoms with Crippen LogP contribution in [0.1, 0.15) is 19.0 Å². The summed E-state index contributed by atoms with van der Waals surface area (Å²) in [6, 6.07) is 0. The molecule has 1 aromatic rings. The highest BCUT2D eigenvalue weighted by Crippen LogP contribution is 1.96. The van der Waals surface area contributed by atoms with Crippen molar-refractivity contribution in [3.63, 3.8) is 0 Å². The van der Waals surface area contributed by atoms with Crippen LogP contribution in [0.5, 0.6) is 0 Å². The summed E-state index contributed by atoms with van der Waals surface area (Å²) >= 11 is 0. The molecule has 0 amide bonds. The highest BCUT2D eigenvalue weighted by atomic mass is 16.3. The van der Waals surface area contributed by atoms with Crippen molar-refractivity contribution in [1.29, 1.82) is 0 Å². The molecule has 0 aliphatic heterocycles. The van der Waals surface area contributed by atoms with Crippen molar-refractivity contribution in [3.8, 4) is 11.8 Å². The third-order valence-electron chi connectivity index (χ3n) is 1.52. The lowest BCUT2D eigenvalue weighted by Gasteiger charge is -1.94. The van der Waals surface area contributed by atoms with E-state index < -0.39 is 0 Å². The molecular weight excluding hydrogens is 152 g/mol. The minimum atomic E-state index is 0.00641. The van der Waals surface area contributed by atoms with E-state index in [1.165, 1.54) is 0 Å². The van der Waals surface area contributed by atoms with E-state index in [2.05, 4.69) is 16.8 Å². The number of aliphatic hydroxyl groups excluding tert-OH is 1. The molecule has 1 aromatic heterocycles. The second kappa shape index (κ2) is 4.58. The Morgan fingerprint density at radius 2 is 2.50 bits per heavy atom. The summed E-state index contributed by atoms with van der Waals surface area (Å²) in [4.78, 5) is 3.98. The van der Waals surface area contributed by atoms with Gasteiger partial charge in [-0.3, -0.25) is 0 Å². The highest BCUT2D eigenvalue weighted by molar-refractivity contribution is 4.97. The van der Waals surface area contributed by atoms with E-state index in [-0.39, 0.29) is 6.61 Å². The van der Waals surface area contributed by atoms with Crippen LogP contribution in [0.4, 0.5) is 0 Å². The molecule has 12 heavy (non-hydrogen) atoms. The maximum absolute atomic E-state index is 8.72. The Kier molecular flexibility index (Phi) is 3.36. The number of aromatic nitrogens is 2. The van der Waals surface area contributed by atoms with Crippen LogP contribution in [0.15, 0.2) is 12.5 Å². The van der Waals surface area contributed by atoms with Crippen molar-refractivity contribution in [2.75, 3.05) is 0 Å². The van der Waals surface area contributed by atoms with E-state index in [9.17, 15) is 0 Å². The summed E-state index contributed by atoms with van der Waals surface area (Å²) < 4.78 is 1.93. The Hall–Kier alpha value is -1.27. The van der Waals surface area contributed by atoms with Gasteiger partial charge < -0.3 is 9.67 Å². The Labute approximate surface area is 72.1 Å². The fraction of sp³-hybridized carbons (Fsp3) is 0.444. The van der Waals surface area contributed by atoms with Gasteiger partial charge in [-0.15, -0.1) is 11.8 Å². The standard InChI is InChI=1S/C9H12N2O/c1-2-3-4-5-11-6-9(7-12)10-8-11/h6,8,12H,4-5,7H2,1H3. The summed E-state index contributed by atoms with van der Waals surface area (Å²) in [6.45, 7) is 2.67. The molecule has 3 nitrogen and oxygen atoms in total. The van der Waals surface area contributed by atoms with Gasteiger partial charge in [0.15, 0.2) is 0 Å². The molecule has 0 spiro atoms. The minimum Gasteiger partial charge on any atom is -0.390 e. The van der Waals surface area contributed by atoms with Crippen LogP contribution in [0.3, 0.4) is 0 Å². The van der Waals surface area contributed by atoms with E-state index in [1.807, 2.05) is 17.7 Å². The monoisotopic (exact) mass is 164 g/mol. The van der Waals surface area contributed by atoms with E-state index in [4.69, 9.17) is 5.11 Å². The zero-order valence-corrected chi connectivity index (χ0v) is 7.12. The van der Waals surface area contributed by atoms with Gasteiger partial charge in [0, 0.05) is 19.2 Å². The molecule has 0 saturated heterocycles. The first-order valence-electron chi connectivity index (χ1n) is 3.88. The summed E-state index contributed by atoms with van der Waals surface area (Å²) in [5.41, 5.74) is 0.708. The zero-order valence-electron chi connectivity index (χ0n) is 7.12. The van der Waals surface area contributed by atoms with Crippen molar-refractivity contribution in [2.24, 2.45) is 0 Å². The van der Waals surface area contributed by atoms with Crippen LogP contribution in [0.25, 0.3) is 0 Å². The SMILES string of the molecule is CC#CCCn1cnc(CO)c1. The molecule has 1 N–H and O–H groups in total. The molecule has 1 heterocycles. The van der Waals surface area contributed by atoms with Crippen LogP contribution in [-0.2, 0) is 13.2 Å². The van der Waals surface area contributed by atoms with Crippen LogP contribution in [-0.4, -0.2) is 14.7 Å². The number of aliphatic hydroxyl groups is 1. The number of rotatable bonds is 3. The maximum atomic E-state index is 8.72. The third kappa shape index (κ3) is 2.40. The van der Waals surface area contributed by atoms with E-state index >= 15 is 0 Å². The number of aryl methyl sites for hydroxylation is 1. The Bertz CT molecular complexity index is 293. The first-order chi connectivity index (χ1) is 5.86. The predicted octanol–water partition coefficient (Wildman–Crippen LogP) is 0.789. The van der Waals surface area contributed by atoms with Gasteiger partial charge in [0.1, 0.15) is 0 Å². The smallest absolute Gasteiger partial charge is 0.0950 e. The second-order valence-corrected chi connectivity index (χ2v) is 2.44. The topological polar surface area (TPSA) is 38.0 Å². The molecule has 0 aliphatic rings. The van der Waals surface area contributed by atoms with Crippen molar-refractivity contribution in [3.05, 3.63) is 18.2 Å². The van der Waals surface area contributed by atoms with E-state index in [0.29, 0.717) is 5.69 Å². The predicted molar refractivity (Wildman–Crippen MR) is 46.2 cm³/mol. The van der Waals surface area contributed by atoms with Gasteiger partial charge in [0.05, 0.1) is 18.6 Å². The molecule has 3 heteroatoms. The van der Waals surface area contributed by atoms with E-state index in [1.54, 1.807) is 6.33 Å². The highest BCUT2D eigenvalue weighted by Gasteiger charge is 1.94. The van der Waals surface area contributed by atoms with Crippen LogP contribution in [0.2, 0.25) is 0 Å². The van der Waals surface area contributed by atoms with Gasteiger partial charge >= 0.3 is 0 Å². The first kappa shape index (κ1) is 8.82. The van der Waals surface area contributed by atoms with Gasteiger partial charge in [-0.25, -0.2) is 4.98 Å². The summed E-state index contributed by atoms with van der Waals surface area (Å²) in [7, 11) is 0. The fourth-order valence-electron chi connectivity index (χ4n) is 0.920. The van der Waals surface area contributed by atoms with Crippen molar-refractivity contribution < 1.29 is 5.11 Å². The zero-order chi connectivity index (χ0) is 8.81. The fourth-order valence-corrected chi connectivity index (χ4v) is 0.920. The lowest BCUT2D eigenvalue weighted by molar-refractivity contribution is 0.277. The molecule has 0 radical (unpaired) electrons. The molecule has 0 bridgehead atoms. The largest absolute Gasteiger partial charge is 0.390 e. The number of hydrogen-bond donors (Lipinski definition) is 1. The molecule has 0 atom stereocenters. The van der Waals surface area contributed by atoms with Gasteiger partial charge in [-0.2, -0.15) is 0 Å². The Morgan fingerprint density at radius 1 is 1.67 bits per heavy atom.